The number of benzene rings is 3. The van der Waals surface area contributed by atoms with Crippen molar-refractivity contribution in [3.05, 3.63) is 106 Å². The van der Waals surface area contributed by atoms with Crippen LogP contribution in [0.3, 0.4) is 0 Å². The van der Waals surface area contributed by atoms with E-state index >= 15 is 0 Å². The lowest BCUT2D eigenvalue weighted by Gasteiger charge is -2.36. The summed E-state index contributed by atoms with van der Waals surface area (Å²) in [5, 5.41) is 2.84. The van der Waals surface area contributed by atoms with Gasteiger partial charge in [-0.15, -0.1) is 0 Å². The Balaban J connectivity index is 1.21. The number of ether oxygens (including phenoxy) is 1. The van der Waals surface area contributed by atoms with Gasteiger partial charge in [-0.25, -0.2) is 4.68 Å². The van der Waals surface area contributed by atoms with E-state index in [2.05, 4.69) is 21.2 Å². The molecule has 8 heteroatoms. The molecule has 0 saturated carbocycles. The number of aromatic nitrogens is 2. The summed E-state index contributed by atoms with van der Waals surface area (Å²) in [5.41, 5.74) is 4.27. The number of rotatable bonds is 7. The topological polar surface area (TPSA) is 71.7 Å². The van der Waals surface area contributed by atoms with Crippen LogP contribution in [-0.4, -0.2) is 53.5 Å². The van der Waals surface area contributed by atoms with E-state index in [0.717, 1.165) is 55.4 Å². The molecule has 196 valence electrons. The molecule has 0 aliphatic carbocycles. The molecule has 0 spiro atoms. The molecule has 3 aromatic carbocycles. The highest BCUT2D eigenvalue weighted by molar-refractivity contribution is 6.04. The van der Waals surface area contributed by atoms with E-state index in [1.54, 1.807) is 16.5 Å². The second-order valence-corrected chi connectivity index (χ2v) is 9.52. The molecule has 1 amide bonds. The van der Waals surface area contributed by atoms with Crippen molar-refractivity contribution in [1.29, 1.82) is 0 Å². The smallest absolute Gasteiger partial charge is 0.295 e. The predicted molar refractivity (Wildman–Crippen MR) is 151 cm³/mol. The lowest BCUT2D eigenvalue weighted by atomic mass is 10.1. The summed E-state index contributed by atoms with van der Waals surface area (Å²) in [5.74, 6) is 0.604. The second kappa shape index (κ2) is 11.0. The highest BCUT2D eigenvalue weighted by Gasteiger charge is 2.21. The number of carbonyl (C=O) groups is 1. The summed E-state index contributed by atoms with van der Waals surface area (Å²) >= 11 is 0. The van der Waals surface area contributed by atoms with Gasteiger partial charge in [0.25, 0.3) is 11.5 Å². The van der Waals surface area contributed by atoms with Crippen LogP contribution in [-0.2, 0) is 13.6 Å². The zero-order chi connectivity index (χ0) is 26.6. The fraction of sp³-hybridized carbons (Fsp3) is 0.267. The van der Waals surface area contributed by atoms with Gasteiger partial charge < -0.3 is 15.0 Å². The van der Waals surface area contributed by atoms with Crippen LogP contribution < -0.4 is 20.5 Å². The summed E-state index contributed by atoms with van der Waals surface area (Å²) in [6.45, 7) is 6.40. The van der Waals surface area contributed by atoms with Gasteiger partial charge in [-0.1, -0.05) is 42.5 Å². The van der Waals surface area contributed by atoms with Crippen LogP contribution in [0.4, 0.5) is 11.4 Å². The summed E-state index contributed by atoms with van der Waals surface area (Å²) < 4.78 is 8.83. The molecule has 1 N–H and O–H groups in total. The number of piperazine rings is 1. The minimum Gasteiger partial charge on any atom is -0.495 e. The molecule has 4 aromatic rings. The molecule has 5 rings (SSSR count). The van der Waals surface area contributed by atoms with Gasteiger partial charge in [0.2, 0.25) is 0 Å². The Morgan fingerprint density at radius 3 is 2.24 bits per heavy atom. The quantitative estimate of drug-likeness (QED) is 0.405. The van der Waals surface area contributed by atoms with E-state index in [1.807, 2.05) is 86.8 Å². The second-order valence-electron chi connectivity index (χ2n) is 9.52. The van der Waals surface area contributed by atoms with Crippen LogP contribution in [0.25, 0.3) is 5.69 Å². The summed E-state index contributed by atoms with van der Waals surface area (Å²) in [6, 6.07) is 25.1. The third kappa shape index (κ3) is 5.08. The monoisotopic (exact) mass is 511 g/mol. The van der Waals surface area contributed by atoms with Crippen molar-refractivity contribution in [2.75, 3.05) is 43.5 Å². The van der Waals surface area contributed by atoms with Gasteiger partial charge in [0.1, 0.15) is 11.4 Å². The first-order valence-corrected chi connectivity index (χ1v) is 12.8. The van der Waals surface area contributed by atoms with Gasteiger partial charge in [0, 0.05) is 45.3 Å². The molecule has 0 unspecified atom stereocenters. The van der Waals surface area contributed by atoms with Gasteiger partial charge >= 0.3 is 0 Å². The summed E-state index contributed by atoms with van der Waals surface area (Å²) in [7, 11) is 3.52. The third-order valence-corrected chi connectivity index (χ3v) is 7.21. The Morgan fingerprint density at radius 2 is 1.55 bits per heavy atom. The van der Waals surface area contributed by atoms with Gasteiger partial charge in [-0.3, -0.25) is 19.2 Å². The van der Waals surface area contributed by atoms with Crippen molar-refractivity contribution in [3.8, 4) is 11.4 Å². The van der Waals surface area contributed by atoms with Crippen molar-refractivity contribution < 1.29 is 9.53 Å². The van der Waals surface area contributed by atoms with Crippen LogP contribution in [0.5, 0.6) is 5.75 Å². The SMILES string of the molecule is COc1ccccc1N1CCN(Cc2ccc(C(=O)Nc3c(C)n(C)n(-c4ccccc4)c3=O)cc2)CC1. The molecule has 8 nitrogen and oxygen atoms in total. The fourth-order valence-electron chi connectivity index (χ4n) is 4.96. The Bertz CT molecular complexity index is 1470. The number of nitrogens with zero attached hydrogens (tertiary/aromatic N) is 4. The standard InChI is InChI=1S/C30H33N5O3/c1-22-28(30(37)35(32(22)2)25-9-5-4-6-10-25)31-29(36)24-15-13-23(14-16-24)21-33-17-19-34(20-18-33)26-11-7-8-12-27(26)38-3/h4-16H,17-21H2,1-3H3,(H,31,36). The Labute approximate surface area is 222 Å². The van der Waals surface area contributed by atoms with Crippen molar-refractivity contribution in [1.82, 2.24) is 14.3 Å². The van der Waals surface area contributed by atoms with Crippen LogP contribution >= 0.6 is 0 Å². The minimum absolute atomic E-state index is 0.256. The van der Waals surface area contributed by atoms with Crippen LogP contribution in [0.2, 0.25) is 0 Å². The average molecular weight is 512 g/mol. The maximum Gasteiger partial charge on any atom is 0.295 e. The van der Waals surface area contributed by atoms with E-state index in [4.69, 9.17) is 4.74 Å². The Morgan fingerprint density at radius 1 is 0.895 bits per heavy atom. The number of amides is 1. The number of nitrogens with one attached hydrogen (secondary N) is 1. The summed E-state index contributed by atoms with van der Waals surface area (Å²) in [6.07, 6.45) is 0. The molecule has 1 saturated heterocycles. The highest BCUT2D eigenvalue weighted by atomic mass is 16.5. The molecule has 38 heavy (non-hydrogen) atoms. The number of hydrogen-bond donors (Lipinski definition) is 1. The van der Waals surface area contributed by atoms with Crippen molar-refractivity contribution in [2.45, 2.75) is 13.5 Å². The van der Waals surface area contributed by atoms with Gasteiger partial charge in [0.15, 0.2) is 0 Å². The van der Waals surface area contributed by atoms with Gasteiger partial charge in [-0.05, 0) is 48.9 Å². The van der Waals surface area contributed by atoms with Gasteiger partial charge in [0.05, 0.1) is 24.2 Å². The number of anilines is 2. The predicted octanol–water partition coefficient (Wildman–Crippen LogP) is 4.07. The largest absolute Gasteiger partial charge is 0.495 e. The van der Waals surface area contributed by atoms with E-state index < -0.39 is 0 Å². The maximum atomic E-state index is 13.1. The number of methoxy groups -OCH3 is 1. The normalized spacial score (nSPS) is 13.9. The van der Waals surface area contributed by atoms with Crippen molar-refractivity contribution in [2.24, 2.45) is 7.05 Å². The molecule has 0 atom stereocenters. The van der Waals surface area contributed by atoms with Crippen LogP contribution in [0, 0.1) is 6.92 Å². The van der Waals surface area contributed by atoms with E-state index in [0.29, 0.717) is 16.9 Å². The Kier molecular flexibility index (Phi) is 7.33. The first-order chi connectivity index (χ1) is 18.5. The molecule has 1 aliphatic heterocycles. The van der Waals surface area contributed by atoms with Gasteiger partial charge in [-0.2, -0.15) is 0 Å². The number of para-hydroxylation sites is 3. The molecule has 1 aliphatic rings. The molecule has 1 aromatic heterocycles. The van der Waals surface area contributed by atoms with E-state index in [9.17, 15) is 9.59 Å². The number of hydrogen-bond acceptors (Lipinski definition) is 5. The fourth-order valence-corrected chi connectivity index (χ4v) is 4.96. The van der Waals surface area contributed by atoms with Crippen molar-refractivity contribution in [3.63, 3.8) is 0 Å². The average Bonchev–Trinajstić information content (AvgIpc) is 3.17. The van der Waals surface area contributed by atoms with Crippen molar-refractivity contribution >= 4 is 17.3 Å². The first kappa shape index (κ1) is 25.4. The molecule has 0 radical (unpaired) electrons. The maximum absolute atomic E-state index is 13.1. The zero-order valence-corrected chi connectivity index (χ0v) is 22.1. The highest BCUT2D eigenvalue weighted by Crippen LogP contribution is 2.28. The zero-order valence-electron chi connectivity index (χ0n) is 22.1. The number of carbonyl (C=O) groups excluding carboxylic acids is 1. The lowest BCUT2D eigenvalue weighted by Crippen LogP contribution is -2.46. The molecule has 0 bridgehead atoms. The molecular weight excluding hydrogens is 478 g/mol. The van der Waals surface area contributed by atoms with Crippen LogP contribution in [0.1, 0.15) is 21.6 Å². The first-order valence-electron chi connectivity index (χ1n) is 12.8. The molecule has 2 heterocycles. The Hall–Kier alpha value is -4.30. The summed E-state index contributed by atoms with van der Waals surface area (Å²) in [4.78, 5) is 30.9. The van der Waals surface area contributed by atoms with E-state index in [-0.39, 0.29) is 11.5 Å². The van der Waals surface area contributed by atoms with Crippen LogP contribution in [0.15, 0.2) is 83.7 Å². The minimum atomic E-state index is -0.298. The molecular formula is C30H33N5O3. The molecule has 1 fully saturated rings. The van der Waals surface area contributed by atoms with E-state index in [1.165, 1.54) is 0 Å². The third-order valence-electron chi connectivity index (χ3n) is 7.21. The lowest BCUT2D eigenvalue weighted by molar-refractivity contribution is 0.102.